The first kappa shape index (κ1) is 12.7. The summed E-state index contributed by atoms with van der Waals surface area (Å²) in [6, 6.07) is 0. The fourth-order valence-corrected chi connectivity index (χ4v) is 1.60. The lowest BCUT2D eigenvalue weighted by molar-refractivity contribution is -0.759. The number of hydrogen-bond donors (Lipinski definition) is 2. The van der Waals surface area contributed by atoms with Crippen LogP contribution in [0.4, 0.5) is 0 Å². The van der Waals surface area contributed by atoms with E-state index in [1.165, 1.54) is 5.69 Å². The first-order chi connectivity index (χ1) is 7.61. The maximum atomic E-state index is 10.3. The van der Waals surface area contributed by atoms with Gasteiger partial charge in [0.2, 0.25) is 5.69 Å². The van der Waals surface area contributed by atoms with Gasteiger partial charge in [0, 0.05) is 25.4 Å². The molecule has 0 spiro atoms. The summed E-state index contributed by atoms with van der Waals surface area (Å²) in [6.07, 6.45) is 4.18. The van der Waals surface area contributed by atoms with Crippen LogP contribution in [0, 0.1) is 13.8 Å². The molecule has 0 radical (unpaired) electrons. The van der Waals surface area contributed by atoms with Crippen LogP contribution < -0.4 is 4.68 Å². The second kappa shape index (κ2) is 6.25. The van der Waals surface area contributed by atoms with Crippen molar-refractivity contribution in [1.82, 2.24) is 10.3 Å². The molecule has 1 aromatic heterocycles. The van der Waals surface area contributed by atoms with Crippen LogP contribution in [0.1, 0.15) is 43.5 Å². The highest BCUT2D eigenvalue weighted by molar-refractivity contribution is 5.66. The average molecular weight is 226 g/mol. The Kier molecular flexibility index (Phi) is 4.95. The number of rotatable bonds is 7. The molecule has 1 rings (SSSR count). The molecule has 2 N–H and O–H groups in total. The molecular formula is C11H20N3O2+. The van der Waals surface area contributed by atoms with Crippen molar-refractivity contribution in [3.05, 3.63) is 11.4 Å². The fraction of sp³-hybridized carbons (Fsp3) is 0.727. The lowest BCUT2D eigenvalue weighted by Gasteiger charge is -1.98. The monoisotopic (exact) mass is 226 g/mol. The molecule has 0 aliphatic heterocycles. The van der Waals surface area contributed by atoms with E-state index in [1.54, 1.807) is 0 Å². The summed E-state index contributed by atoms with van der Waals surface area (Å²) in [5.41, 5.74) is 2.21. The molecule has 0 atom stereocenters. The molecule has 16 heavy (non-hydrogen) atoms. The van der Waals surface area contributed by atoms with Crippen LogP contribution in [0.15, 0.2) is 0 Å². The number of carboxylic acid groups (broad SMARTS) is 1. The summed E-state index contributed by atoms with van der Waals surface area (Å²) < 4.78 is 2.03. The number of aliphatic carboxylic acids is 1. The third-order valence-electron chi connectivity index (χ3n) is 2.79. The molecule has 1 heterocycles. The molecule has 0 fully saturated rings. The van der Waals surface area contributed by atoms with E-state index in [0.717, 1.165) is 37.9 Å². The zero-order valence-electron chi connectivity index (χ0n) is 9.99. The predicted molar refractivity (Wildman–Crippen MR) is 59.0 cm³/mol. The summed E-state index contributed by atoms with van der Waals surface area (Å²) in [7, 11) is 0. The van der Waals surface area contributed by atoms with E-state index in [-0.39, 0.29) is 6.42 Å². The van der Waals surface area contributed by atoms with E-state index in [0.29, 0.717) is 0 Å². The van der Waals surface area contributed by atoms with Crippen LogP contribution in [-0.2, 0) is 11.3 Å². The first-order valence-corrected chi connectivity index (χ1v) is 5.74. The van der Waals surface area contributed by atoms with Crippen molar-refractivity contribution in [3.8, 4) is 0 Å². The second-order valence-corrected chi connectivity index (χ2v) is 4.09. The van der Waals surface area contributed by atoms with Crippen molar-refractivity contribution in [3.63, 3.8) is 0 Å². The average Bonchev–Trinajstić information content (AvgIpc) is 2.54. The molecule has 90 valence electrons. The van der Waals surface area contributed by atoms with Gasteiger partial charge in [-0.3, -0.25) is 4.79 Å². The van der Waals surface area contributed by atoms with E-state index in [2.05, 4.69) is 10.3 Å². The largest absolute Gasteiger partial charge is 0.481 e. The number of H-pyrrole nitrogens is 1. The maximum absolute atomic E-state index is 10.3. The quantitative estimate of drug-likeness (QED) is 0.544. The summed E-state index contributed by atoms with van der Waals surface area (Å²) in [5.74, 6) is -0.700. The van der Waals surface area contributed by atoms with Crippen molar-refractivity contribution < 1.29 is 14.6 Å². The highest BCUT2D eigenvalue weighted by atomic mass is 16.4. The third-order valence-corrected chi connectivity index (χ3v) is 2.79. The van der Waals surface area contributed by atoms with E-state index < -0.39 is 5.97 Å². The zero-order valence-corrected chi connectivity index (χ0v) is 9.99. The normalized spacial score (nSPS) is 10.6. The summed E-state index contributed by atoms with van der Waals surface area (Å²) in [6.45, 7) is 4.96. The van der Waals surface area contributed by atoms with E-state index in [9.17, 15) is 4.79 Å². The maximum Gasteiger partial charge on any atom is 0.303 e. The molecule has 0 saturated heterocycles. The number of carboxylic acids is 1. The number of nitrogens with one attached hydrogen (secondary N) is 1. The summed E-state index contributed by atoms with van der Waals surface area (Å²) in [5, 5.41) is 15.5. The first-order valence-electron chi connectivity index (χ1n) is 5.74. The Hall–Kier alpha value is -1.39. The zero-order chi connectivity index (χ0) is 12.0. The molecule has 0 saturated carbocycles. The third kappa shape index (κ3) is 4.00. The smallest absolute Gasteiger partial charge is 0.303 e. The molecule has 0 aromatic carbocycles. The Labute approximate surface area is 95.5 Å². The van der Waals surface area contributed by atoms with Gasteiger partial charge in [-0.2, -0.15) is 4.68 Å². The van der Waals surface area contributed by atoms with Gasteiger partial charge in [0.05, 0.1) is 0 Å². The molecule has 0 amide bonds. The lowest BCUT2D eigenvalue weighted by atomic mass is 10.1. The van der Waals surface area contributed by atoms with Crippen LogP contribution >= 0.6 is 0 Å². The standard InChI is InChI=1S/C11H19N3O2/c1-9-10(2)14(13-12-9)8-6-4-3-5-7-11(15)16/h3-8H2,1-2H3,(H,15,16)/p+1. The van der Waals surface area contributed by atoms with Gasteiger partial charge in [-0.25, -0.2) is 0 Å². The minimum atomic E-state index is -0.700. The number of hydrogen-bond acceptors (Lipinski definition) is 2. The van der Waals surface area contributed by atoms with Gasteiger partial charge in [-0.05, 0) is 19.3 Å². The van der Waals surface area contributed by atoms with Gasteiger partial charge in [0.15, 0.2) is 5.69 Å². The Morgan fingerprint density at radius 2 is 2.00 bits per heavy atom. The van der Waals surface area contributed by atoms with Crippen LogP contribution in [0.2, 0.25) is 0 Å². The van der Waals surface area contributed by atoms with Gasteiger partial charge in [0.25, 0.3) is 0 Å². The Bertz CT molecular complexity index is 347. The van der Waals surface area contributed by atoms with Gasteiger partial charge in [0.1, 0.15) is 6.54 Å². The van der Waals surface area contributed by atoms with Crippen molar-refractivity contribution >= 4 is 5.97 Å². The molecule has 0 bridgehead atoms. The number of nitrogens with zero attached hydrogens (tertiary/aromatic N) is 2. The highest BCUT2D eigenvalue weighted by Gasteiger charge is 2.11. The van der Waals surface area contributed by atoms with Crippen molar-refractivity contribution in [2.45, 2.75) is 52.5 Å². The van der Waals surface area contributed by atoms with Crippen molar-refractivity contribution in [2.24, 2.45) is 0 Å². The Morgan fingerprint density at radius 3 is 2.56 bits per heavy atom. The SMILES string of the molecule is Cc1n[nH][n+](CCCCCCC(=O)O)c1C. The van der Waals surface area contributed by atoms with Crippen LogP contribution in [0.5, 0.6) is 0 Å². The summed E-state index contributed by atoms with van der Waals surface area (Å²) >= 11 is 0. The highest BCUT2D eigenvalue weighted by Crippen LogP contribution is 2.03. The number of unbranched alkanes of at least 4 members (excludes halogenated alkanes) is 3. The van der Waals surface area contributed by atoms with Gasteiger partial charge >= 0.3 is 5.97 Å². The number of aromatic amines is 1. The van der Waals surface area contributed by atoms with Crippen LogP contribution in [0.25, 0.3) is 0 Å². The van der Waals surface area contributed by atoms with E-state index >= 15 is 0 Å². The lowest BCUT2D eigenvalue weighted by Crippen LogP contribution is -2.38. The van der Waals surface area contributed by atoms with E-state index in [4.69, 9.17) is 5.11 Å². The molecule has 5 heteroatoms. The Morgan fingerprint density at radius 1 is 1.31 bits per heavy atom. The van der Waals surface area contributed by atoms with E-state index in [1.807, 2.05) is 18.5 Å². The summed E-state index contributed by atoms with van der Waals surface area (Å²) in [4.78, 5) is 10.3. The molecule has 1 aromatic rings. The van der Waals surface area contributed by atoms with Crippen molar-refractivity contribution in [1.29, 1.82) is 0 Å². The topological polar surface area (TPSA) is 69.9 Å². The fourth-order valence-electron chi connectivity index (χ4n) is 1.60. The second-order valence-electron chi connectivity index (χ2n) is 4.09. The molecule has 0 unspecified atom stereocenters. The number of carbonyl (C=O) groups is 1. The van der Waals surface area contributed by atoms with Crippen LogP contribution in [0.3, 0.4) is 0 Å². The number of aromatic nitrogens is 3. The molecule has 5 nitrogen and oxygen atoms in total. The minimum Gasteiger partial charge on any atom is -0.481 e. The van der Waals surface area contributed by atoms with Gasteiger partial charge in [-0.15, -0.1) is 0 Å². The molecule has 0 aliphatic carbocycles. The predicted octanol–water partition coefficient (Wildman–Crippen LogP) is 1.35. The minimum absolute atomic E-state index is 0.287. The van der Waals surface area contributed by atoms with Crippen molar-refractivity contribution in [2.75, 3.05) is 0 Å². The van der Waals surface area contributed by atoms with Gasteiger partial charge < -0.3 is 5.11 Å². The molecular weight excluding hydrogens is 206 g/mol. The Balaban J connectivity index is 2.12. The number of aryl methyl sites for hydroxylation is 2. The molecule has 0 aliphatic rings. The van der Waals surface area contributed by atoms with Gasteiger partial charge in [-0.1, -0.05) is 11.6 Å². The van der Waals surface area contributed by atoms with Crippen LogP contribution in [-0.4, -0.2) is 21.4 Å².